The Hall–Kier alpha value is -0.860. The Morgan fingerprint density at radius 1 is 1.36 bits per heavy atom. The maximum Gasteiger partial charge on any atom is 0.103 e. The lowest BCUT2D eigenvalue weighted by molar-refractivity contribution is 0.0581. The fraction of sp³-hybridized carbons (Fsp3) is 0.500. The molecule has 2 N–H and O–H groups in total. The molecule has 76 valence electrons. The van der Waals surface area contributed by atoms with Crippen LogP contribution in [0.25, 0.3) is 0 Å². The Balaban J connectivity index is 2.40. The number of hydrogen-bond donors (Lipinski definition) is 2. The summed E-state index contributed by atoms with van der Waals surface area (Å²) in [5.41, 5.74) is 2.88. The van der Waals surface area contributed by atoms with Crippen molar-refractivity contribution >= 4 is 0 Å². The fourth-order valence-corrected chi connectivity index (χ4v) is 2.24. The molecule has 2 nitrogen and oxygen atoms in total. The molecule has 1 aliphatic heterocycles. The van der Waals surface area contributed by atoms with E-state index in [1.807, 2.05) is 0 Å². The first-order valence-electron chi connectivity index (χ1n) is 5.13. The molecule has 1 heterocycles. The van der Waals surface area contributed by atoms with Crippen LogP contribution in [0.15, 0.2) is 18.2 Å². The molecule has 1 aliphatic rings. The first kappa shape index (κ1) is 9.69. The Bertz CT molecular complexity index is 340. The standard InChI is InChI=1S/C12H17NO/c1-9-3-4-11(10(2)7-9)12(14)5-6-13-8-12/h3-4,7,13-14H,5-6,8H2,1-2H3. The monoisotopic (exact) mass is 191 g/mol. The second-order valence-electron chi connectivity index (χ2n) is 4.28. The van der Waals surface area contributed by atoms with Crippen molar-refractivity contribution in [2.75, 3.05) is 13.1 Å². The average Bonchev–Trinajstić information content (AvgIpc) is 2.52. The number of benzene rings is 1. The number of rotatable bonds is 1. The lowest BCUT2D eigenvalue weighted by Gasteiger charge is -2.24. The largest absolute Gasteiger partial charge is 0.384 e. The van der Waals surface area contributed by atoms with E-state index in [4.69, 9.17) is 0 Å². The highest BCUT2D eigenvalue weighted by Crippen LogP contribution is 2.30. The van der Waals surface area contributed by atoms with Crippen LogP contribution in [0.1, 0.15) is 23.1 Å². The van der Waals surface area contributed by atoms with Gasteiger partial charge in [-0.3, -0.25) is 0 Å². The zero-order chi connectivity index (χ0) is 10.2. The zero-order valence-electron chi connectivity index (χ0n) is 8.80. The molecule has 0 amide bonds. The van der Waals surface area contributed by atoms with Crippen LogP contribution in [-0.2, 0) is 5.60 Å². The molecule has 14 heavy (non-hydrogen) atoms. The van der Waals surface area contributed by atoms with Crippen molar-refractivity contribution in [2.24, 2.45) is 0 Å². The van der Waals surface area contributed by atoms with Gasteiger partial charge in [-0.25, -0.2) is 0 Å². The third-order valence-corrected chi connectivity index (χ3v) is 3.02. The average molecular weight is 191 g/mol. The second-order valence-corrected chi connectivity index (χ2v) is 4.28. The molecule has 0 aliphatic carbocycles. The van der Waals surface area contributed by atoms with Gasteiger partial charge in [0.25, 0.3) is 0 Å². The molecule has 0 aromatic heterocycles. The minimum Gasteiger partial charge on any atom is -0.384 e. The lowest BCUT2D eigenvalue weighted by Crippen LogP contribution is -2.29. The molecule has 1 fully saturated rings. The van der Waals surface area contributed by atoms with E-state index in [0.717, 1.165) is 18.5 Å². The topological polar surface area (TPSA) is 32.3 Å². The van der Waals surface area contributed by atoms with Crippen LogP contribution in [0.3, 0.4) is 0 Å². The summed E-state index contributed by atoms with van der Waals surface area (Å²) >= 11 is 0. The van der Waals surface area contributed by atoms with E-state index in [1.54, 1.807) is 0 Å². The minimum absolute atomic E-state index is 0.641. The van der Waals surface area contributed by atoms with Crippen LogP contribution >= 0.6 is 0 Å². The predicted octanol–water partition coefficient (Wildman–Crippen LogP) is 1.48. The van der Waals surface area contributed by atoms with Crippen molar-refractivity contribution in [3.8, 4) is 0 Å². The van der Waals surface area contributed by atoms with E-state index in [0.29, 0.717) is 6.54 Å². The quantitative estimate of drug-likeness (QED) is 0.705. The van der Waals surface area contributed by atoms with Crippen LogP contribution in [0.5, 0.6) is 0 Å². The number of aryl methyl sites for hydroxylation is 2. The van der Waals surface area contributed by atoms with Gasteiger partial charge in [-0.1, -0.05) is 23.8 Å². The van der Waals surface area contributed by atoms with Crippen molar-refractivity contribution in [3.63, 3.8) is 0 Å². The number of aliphatic hydroxyl groups is 1. The first-order chi connectivity index (χ1) is 6.62. The molecule has 1 atom stereocenters. The van der Waals surface area contributed by atoms with Crippen LogP contribution in [0, 0.1) is 13.8 Å². The molecule has 1 unspecified atom stereocenters. The Kier molecular flexibility index (Phi) is 2.33. The van der Waals surface area contributed by atoms with Gasteiger partial charge >= 0.3 is 0 Å². The van der Waals surface area contributed by atoms with E-state index in [9.17, 15) is 5.11 Å². The van der Waals surface area contributed by atoms with Gasteiger partial charge in [0.15, 0.2) is 0 Å². The summed E-state index contributed by atoms with van der Waals surface area (Å²) in [5.74, 6) is 0. The highest BCUT2D eigenvalue weighted by molar-refractivity contribution is 5.35. The van der Waals surface area contributed by atoms with Gasteiger partial charge in [-0.05, 0) is 37.9 Å². The normalized spacial score (nSPS) is 26.8. The van der Waals surface area contributed by atoms with Crippen molar-refractivity contribution < 1.29 is 5.11 Å². The van der Waals surface area contributed by atoms with Crippen LogP contribution in [-0.4, -0.2) is 18.2 Å². The van der Waals surface area contributed by atoms with E-state index in [2.05, 4.69) is 37.4 Å². The smallest absolute Gasteiger partial charge is 0.103 e. The molecular formula is C12H17NO. The molecule has 0 radical (unpaired) electrons. The van der Waals surface area contributed by atoms with Gasteiger partial charge in [0.2, 0.25) is 0 Å². The summed E-state index contributed by atoms with van der Waals surface area (Å²) in [6.45, 7) is 5.73. The molecule has 1 aromatic rings. The molecule has 1 saturated heterocycles. The number of β-amino-alcohol motifs (C(OH)–C–C–N with tert-alkyl or cyclic N) is 1. The molecule has 1 aromatic carbocycles. The lowest BCUT2D eigenvalue weighted by atomic mass is 9.89. The summed E-state index contributed by atoms with van der Waals surface area (Å²) in [4.78, 5) is 0. The van der Waals surface area contributed by atoms with Gasteiger partial charge in [-0.15, -0.1) is 0 Å². The molecule has 2 rings (SSSR count). The zero-order valence-corrected chi connectivity index (χ0v) is 8.80. The Morgan fingerprint density at radius 2 is 2.14 bits per heavy atom. The minimum atomic E-state index is -0.641. The number of nitrogens with one attached hydrogen (secondary N) is 1. The van der Waals surface area contributed by atoms with Crippen LogP contribution in [0.2, 0.25) is 0 Å². The molecular weight excluding hydrogens is 174 g/mol. The summed E-state index contributed by atoms with van der Waals surface area (Å²) < 4.78 is 0. The van der Waals surface area contributed by atoms with E-state index < -0.39 is 5.60 Å². The van der Waals surface area contributed by atoms with Gasteiger partial charge in [0.05, 0.1) is 0 Å². The maximum atomic E-state index is 10.4. The molecule has 0 spiro atoms. The summed E-state index contributed by atoms with van der Waals surface area (Å²) in [6, 6.07) is 6.25. The van der Waals surface area contributed by atoms with Gasteiger partial charge in [0, 0.05) is 6.54 Å². The first-order valence-corrected chi connectivity index (χ1v) is 5.13. The van der Waals surface area contributed by atoms with E-state index >= 15 is 0 Å². The van der Waals surface area contributed by atoms with Crippen LogP contribution < -0.4 is 5.32 Å². The highest BCUT2D eigenvalue weighted by Gasteiger charge is 2.33. The second kappa shape index (κ2) is 3.37. The third kappa shape index (κ3) is 1.56. The third-order valence-electron chi connectivity index (χ3n) is 3.02. The molecule has 0 saturated carbocycles. The Labute approximate surface area is 85.0 Å². The molecule has 2 heteroatoms. The van der Waals surface area contributed by atoms with Crippen molar-refractivity contribution in [3.05, 3.63) is 34.9 Å². The SMILES string of the molecule is Cc1ccc(C2(O)CCNC2)c(C)c1. The summed E-state index contributed by atoms with van der Waals surface area (Å²) in [6.07, 6.45) is 0.816. The molecule has 0 bridgehead atoms. The summed E-state index contributed by atoms with van der Waals surface area (Å²) in [7, 11) is 0. The number of hydrogen-bond acceptors (Lipinski definition) is 2. The summed E-state index contributed by atoms with van der Waals surface area (Å²) in [5, 5.41) is 13.6. The van der Waals surface area contributed by atoms with E-state index in [-0.39, 0.29) is 0 Å². The van der Waals surface area contributed by atoms with E-state index in [1.165, 1.54) is 11.1 Å². The Morgan fingerprint density at radius 3 is 2.71 bits per heavy atom. The maximum absolute atomic E-state index is 10.4. The predicted molar refractivity (Wildman–Crippen MR) is 57.3 cm³/mol. The van der Waals surface area contributed by atoms with Crippen molar-refractivity contribution in [1.82, 2.24) is 5.32 Å². The van der Waals surface area contributed by atoms with Crippen molar-refractivity contribution in [2.45, 2.75) is 25.9 Å². The van der Waals surface area contributed by atoms with Gasteiger partial charge < -0.3 is 10.4 Å². The van der Waals surface area contributed by atoms with Crippen molar-refractivity contribution in [1.29, 1.82) is 0 Å². The fourth-order valence-electron chi connectivity index (χ4n) is 2.24. The van der Waals surface area contributed by atoms with Gasteiger partial charge in [0.1, 0.15) is 5.60 Å². The van der Waals surface area contributed by atoms with Gasteiger partial charge in [-0.2, -0.15) is 0 Å². The highest BCUT2D eigenvalue weighted by atomic mass is 16.3. The van der Waals surface area contributed by atoms with Crippen LogP contribution in [0.4, 0.5) is 0 Å².